The van der Waals surface area contributed by atoms with Crippen LogP contribution in [0.2, 0.25) is 0 Å². The van der Waals surface area contributed by atoms with Gasteiger partial charge in [0.2, 0.25) is 5.88 Å². The number of ether oxygens (including phenoxy) is 3. The van der Waals surface area contributed by atoms with E-state index in [0.29, 0.717) is 43.7 Å². The molecule has 7 nitrogen and oxygen atoms in total. The predicted molar refractivity (Wildman–Crippen MR) is 111 cm³/mol. The zero-order chi connectivity index (χ0) is 21.8. The lowest BCUT2D eigenvalue weighted by Crippen LogP contribution is -2.37. The molecule has 164 valence electrons. The molecule has 2 aromatic rings. The fourth-order valence-electron chi connectivity index (χ4n) is 2.69. The van der Waals surface area contributed by atoms with Gasteiger partial charge >= 0.3 is 6.61 Å². The molecule has 0 fully saturated rings. The molecule has 0 aliphatic heterocycles. The molecule has 9 heteroatoms. The van der Waals surface area contributed by atoms with Crippen molar-refractivity contribution in [2.24, 2.45) is 4.99 Å². The molecule has 1 heterocycles. The average Bonchev–Trinajstić information content (AvgIpc) is 2.73. The Hall–Kier alpha value is -3.10. The Balaban J connectivity index is 2.16. The molecule has 0 saturated carbocycles. The number of nitrogens with zero attached hydrogens (tertiary/aromatic N) is 2. The first-order valence-corrected chi connectivity index (χ1v) is 9.87. The highest BCUT2D eigenvalue weighted by Gasteiger charge is 2.16. The van der Waals surface area contributed by atoms with Crippen LogP contribution in [0.4, 0.5) is 8.78 Å². The van der Waals surface area contributed by atoms with Gasteiger partial charge in [-0.3, -0.25) is 0 Å². The summed E-state index contributed by atoms with van der Waals surface area (Å²) in [5.41, 5.74) is 1.37. The number of hydrogen-bond donors (Lipinski definition) is 2. The first-order chi connectivity index (χ1) is 14.6. The van der Waals surface area contributed by atoms with Gasteiger partial charge in [0.25, 0.3) is 0 Å². The van der Waals surface area contributed by atoms with E-state index in [9.17, 15) is 8.78 Å². The number of aliphatic imine (C=N–C) groups is 1. The molecule has 0 spiro atoms. The quantitative estimate of drug-likeness (QED) is 0.424. The van der Waals surface area contributed by atoms with E-state index in [0.717, 1.165) is 5.56 Å². The second-order valence-corrected chi connectivity index (χ2v) is 6.01. The Morgan fingerprint density at radius 1 is 1.03 bits per heavy atom. The van der Waals surface area contributed by atoms with Crippen LogP contribution < -0.4 is 24.8 Å². The minimum Gasteiger partial charge on any atom is -0.490 e. The van der Waals surface area contributed by atoms with Crippen LogP contribution in [0.1, 0.15) is 31.9 Å². The summed E-state index contributed by atoms with van der Waals surface area (Å²) < 4.78 is 41.5. The molecule has 0 saturated heterocycles. The molecule has 0 aliphatic carbocycles. The molecule has 0 amide bonds. The van der Waals surface area contributed by atoms with Crippen LogP contribution in [-0.2, 0) is 13.1 Å². The first kappa shape index (κ1) is 23.2. The highest BCUT2D eigenvalue weighted by atomic mass is 19.3. The molecule has 0 radical (unpaired) electrons. The summed E-state index contributed by atoms with van der Waals surface area (Å²) in [5.74, 6) is 1.35. The summed E-state index contributed by atoms with van der Waals surface area (Å²) in [6.45, 7) is 4.71. The molecule has 30 heavy (non-hydrogen) atoms. The third kappa shape index (κ3) is 7.06. The van der Waals surface area contributed by atoms with Crippen LogP contribution in [0.3, 0.4) is 0 Å². The molecule has 0 unspecified atom stereocenters. The predicted octanol–water partition coefficient (Wildman–Crippen LogP) is 3.74. The normalized spacial score (nSPS) is 11.3. The van der Waals surface area contributed by atoms with Gasteiger partial charge in [0, 0.05) is 30.4 Å². The summed E-state index contributed by atoms with van der Waals surface area (Å²) in [6.07, 6.45) is 1.66. The van der Waals surface area contributed by atoms with Crippen molar-refractivity contribution in [1.82, 2.24) is 15.6 Å². The molecule has 0 atom stereocenters. The van der Waals surface area contributed by atoms with Crippen molar-refractivity contribution in [1.29, 1.82) is 0 Å². The number of benzene rings is 1. The smallest absolute Gasteiger partial charge is 0.387 e. The number of halogens is 2. The van der Waals surface area contributed by atoms with Crippen molar-refractivity contribution >= 4 is 5.96 Å². The molecule has 0 bridgehead atoms. The summed E-state index contributed by atoms with van der Waals surface area (Å²) in [4.78, 5) is 8.76. The van der Waals surface area contributed by atoms with E-state index in [4.69, 9.17) is 14.2 Å². The van der Waals surface area contributed by atoms with Gasteiger partial charge in [-0.25, -0.2) is 9.98 Å². The third-order valence-corrected chi connectivity index (χ3v) is 3.90. The topological polar surface area (TPSA) is 77.0 Å². The van der Waals surface area contributed by atoms with E-state index in [1.807, 2.05) is 26.0 Å². The lowest BCUT2D eigenvalue weighted by Gasteiger charge is -2.17. The Bertz CT molecular complexity index is 819. The maximum atomic E-state index is 12.9. The number of para-hydroxylation sites is 1. The molecule has 1 aromatic heterocycles. The van der Waals surface area contributed by atoms with Gasteiger partial charge in [0.05, 0.1) is 19.8 Å². The van der Waals surface area contributed by atoms with E-state index >= 15 is 0 Å². The number of hydrogen-bond acceptors (Lipinski definition) is 5. The van der Waals surface area contributed by atoms with Crippen LogP contribution in [0.15, 0.2) is 41.5 Å². The van der Waals surface area contributed by atoms with Crippen LogP contribution in [0.25, 0.3) is 0 Å². The molecule has 1 aromatic carbocycles. The van der Waals surface area contributed by atoms with Gasteiger partial charge in [0.15, 0.2) is 17.5 Å². The highest BCUT2D eigenvalue weighted by molar-refractivity contribution is 5.79. The van der Waals surface area contributed by atoms with Gasteiger partial charge in [-0.15, -0.1) is 0 Å². The van der Waals surface area contributed by atoms with E-state index < -0.39 is 6.61 Å². The maximum Gasteiger partial charge on any atom is 0.387 e. The second kappa shape index (κ2) is 12.5. The molecule has 2 rings (SSSR count). The summed E-state index contributed by atoms with van der Waals surface area (Å²) in [6, 6.07) is 8.74. The number of rotatable bonds is 11. The fraction of sp³-hybridized carbons (Fsp3) is 0.429. The molecular weight excluding hydrogens is 394 g/mol. The number of guanidine groups is 1. The fourth-order valence-corrected chi connectivity index (χ4v) is 2.69. The largest absolute Gasteiger partial charge is 0.490 e. The van der Waals surface area contributed by atoms with Gasteiger partial charge in [-0.2, -0.15) is 8.78 Å². The maximum absolute atomic E-state index is 12.9. The zero-order valence-electron chi connectivity index (χ0n) is 17.5. The van der Waals surface area contributed by atoms with Crippen LogP contribution in [0, 0.1) is 0 Å². The van der Waals surface area contributed by atoms with Gasteiger partial charge in [-0.1, -0.05) is 18.2 Å². The molecular formula is C21H28F2N4O3. The minimum absolute atomic E-state index is 0.0172. The lowest BCUT2D eigenvalue weighted by molar-refractivity contribution is -0.0520. The molecule has 2 N–H and O–H groups in total. The Kier molecular flexibility index (Phi) is 9.63. The van der Waals surface area contributed by atoms with E-state index in [1.165, 1.54) is 0 Å². The second-order valence-electron chi connectivity index (χ2n) is 6.01. The Morgan fingerprint density at radius 3 is 2.50 bits per heavy atom. The minimum atomic E-state index is -2.95. The van der Waals surface area contributed by atoms with Crippen molar-refractivity contribution in [2.75, 3.05) is 19.8 Å². The van der Waals surface area contributed by atoms with Crippen molar-refractivity contribution in [3.8, 4) is 17.4 Å². The van der Waals surface area contributed by atoms with Gasteiger partial charge in [-0.05, 0) is 32.9 Å². The SMILES string of the molecule is CCNC(=NCc1cccnc1OCC)NCc1cccc(OCC)c1OC(F)F. The Morgan fingerprint density at radius 2 is 1.80 bits per heavy atom. The van der Waals surface area contributed by atoms with Crippen LogP contribution in [0.5, 0.6) is 17.4 Å². The Labute approximate surface area is 175 Å². The summed E-state index contributed by atoms with van der Waals surface area (Å²) in [5, 5.41) is 6.27. The van der Waals surface area contributed by atoms with E-state index in [1.54, 1.807) is 31.3 Å². The molecule has 0 aliphatic rings. The number of pyridine rings is 1. The monoisotopic (exact) mass is 422 g/mol. The van der Waals surface area contributed by atoms with Gasteiger partial charge in [0.1, 0.15) is 0 Å². The number of nitrogens with one attached hydrogen (secondary N) is 2. The zero-order valence-corrected chi connectivity index (χ0v) is 17.5. The standard InChI is InChI=1S/C21H28F2N4O3/c1-4-24-21(27-14-16-10-8-12-25-19(16)29-6-3)26-13-15-9-7-11-17(28-5-2)18(15)30-20(22)23/h7-12,20H,4-6,13-14H2,1-3H3,(H2,24,26,27). The van der Waals surface area contributed by atoms with Crippen LogP contribution in [-0.4, -0.2) is 37.3 Å². The summed E-state index contributed by atoms with van der Waals surface area (Å²) in [7, 11) is 0. The van der Waals surface area contributed by atoms with Crippen molar-refractivity contribution in [3.05, 3.63) is 47.7 Å². The third-order valence-electron chi connectivity index (χ3n) is 3.90. The number of aromatic nitrogens is 1. The first-order valence-electron chi connectivity index (χ1n) is 9.87. The number of alkyl halides is 2. The highest BCUT2D eigenvalue weighted by Crippen LogP contribution is 2.32. The van der Waals surface area contributed by atoms with E-state index in [-0.39, 0.29) is 18.0 Å². The van der Waals surface area contributed by atoms with Crippen molar-refractivity contribution in [2.45, 2.75) is 40.5 Å². The lowest BCUT2D eigenvalue weighted by atomic mass is 10.2. The van der Waals surface area contributed by atoms with Gasteiger partial charge < -0.3 is 24.8 Å². The van der Waals surface area contributed by atoms with Crippen LogP contribution >= 0.6 is 0 Å². The van der Waals surface area contributed by atoms with Crippen molar-refractivity contribution in [3.63, 3.8) is 0 Å². The summed E-state index contributed by atoms with van der Waals surface area (Å²) >= 11 is 0. The average molecular weight is 422 g/mol. The van der Waals surface area contributed by atoms with E-state index in [2.05, 4.69) is 20.6 Å². The van der Waals surface area contributed by atoms with Crippen molar-refractivity contribution < 1.29 is 23.0 Å².